The summed E-state index contributed by atoms with van der Waals surface area (Å²) in [6.45, 7) is 1.75. The molecule has 1 N–H and O–H groups in total. The van der Waals surface area contributed by atoms with Gasteiger partial charge < -0.3 is 4.98 Å². The van der Waals surface area contributed by atoms with E-state index in [9.17, 15) is 9.59 Å². The van der Waals surface area contributed by atoms with Crippen molar-refractivity contribution in [2.45, 2.75) is 12.3 Å². The lowest BCUT2D eigenvalue weighted by molar-refractivity contribution is -0.115. The Bertz CT molecular complexity index is 949. The van der Waals surface area contributed by atoms with E-state index in [1.54, 1.807) is 23.6 Å². The molecular formula is C16H13N3O2S2. The van der Waals surface area contributed by atoms with Gasteiger partial charge in [0.25, 0.3) is 5.56 Å². The molecule has 1 aliphatic rings. The maximum Gasteiger partial charge on any atom is 0.261 e. The average Bonchev–Trinajstić information content (AvgIpc) is 3.11. The summed E-state index contributed by atoms with van der Waals surface area (Å²) in [5.41, 5.74) is 1.50. The van der Waals surface area contributed by atoms with Crippen LogP contribution in [-0.4, -0.2) is 21.6 Å². The second kappa shape index (κ2) is 5.50. The summed E-state index contributed by atoms with van der Waals surface area (Å²) in [7, 11) is 0. The molecule has 4 rings (SSSR count). The zero-order valence-corrected chi connectivity index (χ0v) is 13.9. The second-order valence-electron chi connectivity index (χ2n) is 5.29. The standard InChI is InChI=1S/C16H13N3O2S2/c1-9-17-11-7-22-16(13(11)14(21)18-9)19-12(20)8-23-15(19)10-5-3-2-4-6-10/h2-7,15H,8H2,1H3,(H,17,18,21). The van der Waals surface area contributed by atoms with E-state index in [2.05, 4.69) is 9.97 Å². The van der Waals surface area contributed by atoms with Crippen LogP contribution in [0.5, 0.6) is 0 Å². The van der Waals surface area contributed by atoms with Crippen LogP contribution < -0.4 is 10.5 Å². The molecule has 0 spiro atoms. The molecule has 2 aromatic heterocycles. The number of benzene rings is 1. The Hall–Kier alpha value is -2.12. The number of fused-ring (bicyclic) bond motifs is 1. The molecule has 0 bridgehead atoms. The first-order valence-electron chi connectivity index (χ1n) is 7.12. The fourth-order valence-corrected chi connectivity index (χ4v) is 5.01. The summed E-state index contributed by atoms with van der Waals surface area (Å²) in [5, 5.41) is 2.91. The minimum Gasteiger partial charge on any atom is -0.310 e. The van der Waals surface area contributed by atoms with Crippen LogP contribution in [0.4, 0.5) is 5.00 Å². The Labute approximate surface area is 140 Å². The van der Waals surface area contributed by atoms with Crippen LogP contribution in [0.15, 0.2) is 40.5 Å². The number of aryl methyl sites for hydroxylation is 1. The molecule has 1 aromatic carbocycles. The fourth-order valence-electron chi connectivity index (χ4n) is 2.76. The number of anilines is 1. The number of nitrogens with one attached hydrogen (secondary N) is 1. The van der Waals surface area contributed by atoms with Gasteiger partial charge in [0.1, 0.15) is 21.6 Å². The summed E-state index contributed by atoms with van der Waals surface area (Å²) in [6.07, 6.45) is 0. The van der Waals surface area contributed by atoms with E-state index in [1.807, 2.05) is 35.7 Å². The normalized spacial score (nSPS) is 18.0. The van der Waals surface area contributed by atoms with Gasteiger partial charge in [-0.3, -0.25) is 14.5 Å². The Morgan fingerprint density at radius 2 is 2.04 bits per heavy atom. The van der Waals surface area contributed by atoms with Crippen LogP contribution in [0.1, 0.15) is 16.8 Å². The summed E-state index contributed by atoms with van der Waals surface area (Å²) < 4.78 is 0. The van der Waals surface area contributed by atoms with Crippen LogP contribution in [0.25, 0.3) is 10.9 Å². The molecule has 0 radical (unpaired) electrons. The van der Waals surface area contributed by atoms with Gasteiger partial charge in [-0.15, -0.1) is 23.1 Å². The van der Waals surface area contributed by atoms with E-state index in [1.165, 1.54) is 11.3 Å². The topological polar surface area (TPSA) is 66.1 Å². The van der Waals surface area contributed by atoms with Crippen molar-refractivity contribution < 1.29 is 4.79 Å². The van der Waals surface area contributed by atoms with Crippen molar-refractivity contribution in [2.75, 3.05) is 10.7 Å². The number of amides is 1. The van der Waals surface area contributed by atoms with Crippen molar-refractivity contribution in [3.8, 4) is 0 Å². The first kappa shape index (κ1) is 14.5. The molecule has 1 unspecified atom stereocenters. The average molecular weight is 343 g/mol. The van der Waals surface area contributed by atoms with Gasteiger partial charge in [-0.2, -0.15) is 0 Å². The van der Waals surface area contributed by atoms with E-state index in [0.29, 0.717) is 27.5 Å². The molecule has 1 aliphatic heterocycles. The zero-order chi connectivity index (χ0) is 16.0. The molecule has 1 amide bonds. The highest BCUT2D eigenvalue weighted by atomic mass is 32.2. The van der Waals surface area contributed by atoms with Gasteiger partial charge in [-0.05, 0) is 12.5 Å². The highest BCUT2D eigenvalue weighted by molar-refractivity contribution is 8.00. The smallest absolute Gasteiger partial charge is 0.261 e. The van der Waals surface area contributed by atoms with Gasteiger partial charge in [0, 0.05) is 5.38 Å². The number of thioether (sulfide) groups is 1. The van der Waals surface area contributed by atoms with Crippen molar-refractivity contribution in [1.82, 2.24) is 9.97 Å². The number of carbonyl (C=O) groups is 1. The number of nitrogens with zero attached hydrogens (tertiary/aromatic N) is 2. The van der Waals surface area contributed by atoms with Gasteiger partial charge in [0.05, 0.1) is 11.3 Å². The third-order valence-corrected chi connectivity index (χ3v) is 5.91. The fraction of sp³-hybridized carbons (Fsp3) is 0.188. The van der Waals surface area contributed by atoms with E-state index < -0.39 is 0 Å². The molecule has 3 aromatic rings. The molecule has 1 fully saturated rings. The first-order chi connectivity index (χ1) is 11.1. The summed E-state index contributed by atoms with van der Waals surface area (Å²) >= 11 is 2.97. The predicted molar refractivity (Wildman–Crippen MR) is 94.1 cm³/mol. The summed E-state index contributed by atoms with van der Waals surface area (Å²) in [4.78, 5) is 33.6. The van der Waals surface area contributed by atoms with Gasteiger partial charge in [-0.1, -0.05) is 30.3 Å². The highest BCUT2D eigenvalue weighted by Crippen LogP contribution is 2.45. The molecule has 1 atom stereocenters. The van der Waals surface area contributed by atoms with Crippen molar-refractivity contribution in [3.63, 3.8) is 0 Å². The minimum atomic E-state index is -0.194. The zero-order valence-electron chi connectivity index (χ0n) is 12.3. The molecular weight excluding hydrogens is 330 g/mol. The third-order valence-electron chi connectivity index (χ3n) is 3.73. The minimum absolute atomic E-state index is 0.0209. The Morgan fingerprint density at radius 3 is 2.83 bits per heavy atom. The number of rotatable bonds is 2. The Kier molecular flexibility index (Phi) is 3.46. The van der Waals surface area contributed by atoms with E-state index in [4.69, 9.17) is 0 Å². The van der Waals surface area contributed by atoms with Gasteiger partial charge in [0.2, 0.25) is 5.91 Å². The summed E-state index contributed by atoms with van der Waals surface area (Å²) in [5.74, 6) is 1.01. The predicted octanol–water partition coefficient (Wildman–Crippen LogP) is 3.07. The van der Waals surface area contributed by atoms with Crippen LogP contribution in [0.3, 0.4) is 0 Å². The van der Waals surface area contributed by atoms with Crippen molar-refractivity contribution in [1.29, 1.82) is 0 Å². The number of hydrogen-bond donors (Lipinski definition) is 1. The lowest BCUT2D eigenvalue weighted by Crippen LogP contribution is -2.28. The van der Waals surface area contributed by atoms with Crippen molar-refractivity contribution in [3.05, 3.63) is 57.5 Å². The molecule has 0 aliphatic carbocycles. The highest BCUT2D eigenvalue weighted by Gasteiger charge is 2.36. The number of carbonyl (C=O) groups excluding carboxylic acids is 1. The molecule has 23 heavy (non-hydrogen) atoms. The molecule has 5 nitrogen and oxygen atoms in total. The number of aromatic nitrogens is 2. The molecule has 1 saturated heterocycles. The number of aromatic amines is 1. The SMILES string of the molecule is Cc1nc2csc(N3C(=O)CSC3c3ccccc3)c2c(=O)[nH]1. The van der Waals surface area contributed by atoms with Crippen LogP contribution in [0.2, 0.25) is 0 Å². The second-order valence-corrected chi connectivity index (χ2v) is 7.22. The lowest BCUT2D eigenvalue weighted by atomic mass is 10.2. The van der Waals surface area contributed by atoms with E-state index in [-0.39, 0.29) is 16.8 Å². The molecule has 0 saturated carbocycles. The molecule has 3 heterocycles. The molecule has 116 valence electrons. The van der Waals surface area contributed by atoms with Gasteiger partial charge in [-0.25, -0.2) is 4.98 Å². The van der Waals surface area contributed by atoms with Crippen molar-refractivity contribution >= 4 is 44.9 Å². The quantitative estimate of drug-likeness (QED) is 0.776. The molecule has 7 heteroatoms. The first-order valence-corrected chi connectivity index (χ1v) is 9.05. The lowest BCUT2D eigenvalue weighted by Gasteiger charge is -2.22. The summed E-state index contributed by atoms with van der Waals surface area (Å²) in [6, 6.07) is 9.88. The van der Waals surface area contributed by atoms with Gasteiger partial charge in [0.15, 0.2) is 0 Å². The maximum absolute atomic E-state index is 12.5. The van der Waals surface area contributed by atoms with Crippen LogP contribution in [-0.2, 0) is 4.79 Å². The number of hydrogen-bond acceptors (Lipinski definition) is 5. The number of H-pyrrole nitrogens is 1. The van der Waals surface area contributed by atoms with Gasteiger partial charge >= 0.3 is 0 Å². The maximum atomic E-state index is 12.5. The Morgan fingerprint density at radius 1 is 1.26 bits per heavy atom. The van der Waals surface area contributed by atoms with Crippen LogP contribution >= 0.6 is 23.1 Å². The third kappa shape index (κ3) is 2.36. The van der Waals surface area contributed by atoms with E-state index in [0.717, 1.165) is 5.56 Å². The Balaban J connectivity index is 1.88. The van der Waals surface area contributed by atoms with Crippen LogP contribution in [0, 0.1) is 6.92 Å². The monoisotopic (exact) mass is 343 g/mol. The van der Waals surface area contributed by atoms with E-state index >= 15 is 0 Å². The largest absolute Gasteiger partial charge is 0.310 e. The van der Waals surface area contributed by atoms with Crippen molar-refractivity contribution in [2.24, 2.45) is 0 Å². The number of thiophene rings is 1.